The summed E-state index contributed by atoms with van der Waals surface area (Å²) < 4.78 is 21.6. The third-order valence-electron chi connectivity index (χ3n) is 6.86. The van der Waals surface area contributed by atoms with Gasteiger partial charge in [0.15, 0.2) is 40.3 Å². The molecule has 262 valence electrons. The van der Waals surface area contributed by atoms with Crippen LogP contribution in [0.25, 0.3) is 22.3 Å². The molecule has 0 aliphatic carbocycles. The Morgan fingerprint density at radius 3 is 1.79 bits per heavy atom. The van der Waals surface area contributed by atoms with E-state index in [1.54, 1.807) is 0 Å². The first kappa shape index (κ1) is 39.6. The molecule has 0 radical (unpaired) electrons. The minimum absolute atomic E-state index is 0. The molecule has 1 aliphatic rings. The van der Waals surface area contributed by atoms with Gasteiger partial charge in [0, 0.05) is 17.7 Å². The van der Waals surface area contributed by atoms with Crippen LogP contribution in [0, 0.1) is 0 Å². The van der Waals surface area contributed by atoms with Crippen LogP contribution in [0.3, 0.4) is 0 Å². The number of carbonyl (C=O) groups excluding carboxylic acids is 1. The molecule has 0 spiro atoms. The van der Waals surface area contributed by atoms with E-state index in [2.05, 4.69) is 0 Å². The molecule has 1 aliphatic heterocycles. The summed E-state index contributed by atoms with van der Waals surface area (Å²) in [6.45, 7) is -0.751. The van der Waals surface area contributed by atoms with Crippen molar-refractivity contribution in [2.45, 2.75) is 30.7 Å². The van der Waals surface area contributed by atoms with Gasteiger partial charge < -0.3 is 74.8 Å². The Morgan fingerprint density at radius 1 is 0.688 bits per heavy atom. The molecule has 1 fully saturated rings. The smallest absolute Gasteiger partial charge is 0.338 e. The predicted molar refractivity (Wildman–Crippen MR) is 176 cm³/mol. The standard InChI is InChI=1S/C28H24O17.3H2S/c29-11-5-10(6-16-18(11)22(37)24(39)26(44-16)8-1-12(30)19(34)13(31)2-8)43-28-25(40)23(38)21(36)17(45-28)7-42-27(41)9-3-14(32)20(35)15(33)4-9;;;/h1-6,17,21,23,25,28-36,38-40H,7H2;3*1H2/t17-,21-,23?,25-,28?;;;/m1.../s1. The van der Waals surface area contributed by atoms with Crippen LogP contribution < -0.4 is 10.2 Å². The number of carbonyl (C=O) groups is 1. The second-order valence-electron chi connectivity index (χ2n) is 9.88. The van der Waals surface area contributed by atoms with E-state index in [0.717, 1.165) is 36.4 Å². The maximum Gasteiger partial charge on any atom is 0.338 e. The number of aliphatic hydroxyl groups excluding tert-OH is 3. The number of phenols is 7. The summed E-state index contributed by atoms with van der Waals surface area (Å²) in [7, 11) is 0. The van der Waals surface area contributed by atoms with Gasteiger partial charge in [-0.15, -0.1) is 0 Å². The molecule has 20 heteroatoms. The molecule has 2 heterocycles. The summed E-state index contributed by atoms with van der Waals surface area (Å²) in [6.07, 6.45) is -8.97. The average Bonchev–Trinajstić information content (AvgIpc) is 2.99. The fourth-order valence-corrected chi connectivity index (χ4v) is 4.51. The van der Waals surface area contributed by atoms with Crippen LogP contribution in [-0.2, 0) is 9.47 Å². The SMILES string of the molecule is O=C(OC[C@H]1OC(Oc2cc(O)c3c(=O)c(O)c(-c4cc(O)c(O)c(O)c4)oc3c2)[C@H](O)C(O)[C@@H]1O)c1cc(O)c(O)c(O)c1.S.S.S. The van der Waals surface area contributed by atoms with Crippen molar-refractivity contribution in [1.82, 2.24) is 0 Å². The van der Waals surface area contributed by atoms with E-state index < -0.39 is 117 Å². The predicted octanol–water partition coefficient (Wildman–Crippen LogP) is 0.487. The van der Waals surface area contributed by atoms with Gasteiger partial charge in [0.25, 0.3) is 0 Å². The Morgan fingerprint density at radius 2 is 1.23 bits per heavy atom. The van der Waals surface area contributed by atoms with E-state index in [0.29, 0.717) is 0 Å². The third-order valence-corrected chi connectivity index (χ3v) is 6.86. The number of rotatable bonds is 6. The largest absolute Gasteiger partial charge is 0.507 e. The van der Waals surface area contributed by atoms with E-state index in [1.807, 2.05) is 0 Å². The fourth-order valence-electron chi connectivity index (χ4n) is 4.51. The first-order valence-corrected chi connectivity index (χ1v) is 12.7. The number of fused-ring (bicyclic) bond motifs is 1. The van der Waals surface area contributed by atoms with Gasteiger partial charge in [-0.3, -0.25) is 4.79 Å². The van der Waals surface area contributed by atoms with Crippen LogP contribution in [0.15, 0.2) is 45.6 Å². The Kier molecular flexibility index (Phi) is 12.5. The van der Waals surface area contributed by atoms with E-state index in [1.165, 1.54) is 0 Å². The molecule has 1 aromatic heterocycles. The van der Waals surface area contributed by atoms with Crippen LogP contribution in [-0.4, -0.2) is 99.5 Å². The number of esters is 1. The number of benzene rings is 3. The van der Waals surface area contributed by atoms with Crippen LogP contribution in [0.2, 0.25) is 0 Å². The second kappa shape index (κ2) is 15.1. The highest BCUT2D eigenvalue weighted by Gasteiger charge is 2.45. The monoisotopic (exact) mass is 734 g/mol. The molecule has 0 saturated carbocycles. The van der Waals surface area contributed by atoms with Gasteiger partial charge in [-0.05, 0) is 24.3 Å². The molecule has 11 N–H and O–H groups in total. The molecular formula is C28H30O17S3. The zero-order valence-electron chi connectivity index (χ0n) is 23.9. The van der Waals surface area contributed by atoms with Crippen LogP contribution in [0.4, 0.5) is 0 Å². The molecular weight excluding hydrogens is 704 g/mol. The number of aliphatic hydroxyl groups is 3. The average molecular weight is 735 g/mol. The Hall–Kier alpha value is -4.57. The number of hydrogen-bond acceptors (Lipinski definition) is 17. The van der Waals surface area contributed by atoms with Crippen LogP contribution in [0.5, 0.6) is 51.7 Å². The zero-order valence-corrected chi connectivity index (χ0v) is 26.9. The molecule has 0 bridgehead atoms. The minimum Gasteiger partial charge on any atom is -0.507 e. The van der Waals surface area contributed by atoms with E-state index in [9.17, 15) is 65.8 Å². The highest BCUT2D eigenvalue weighted by atomic mass is 32.1. The number of ether oxygens (including phenoxy) is 3. The summed E-state index contributed by atoms with van der Waals surface area (Å²) in [6, 6.07) is 5.23. The summed E-state index contributed by atoms with van der Waals surface area (Å²) in [4.78, 5) is 25.2. The summed E-state index contributed by atoms with van der Waals surface area (Å²) in [5, 5.41) is 110. The van der Waals surface area contributed by atoms with Crippen molar-refractivity contribution in [3.8, 4) is 63.1 Å². The molecule has 48 heavy (non-hydrogen) atoms. The van der Waals surface area contributed by atoms with Gasteiger partial charge in [-0.2, -0.15) is 40.5 Å². The lowest BCUT2D eigenvalue weighted by Crippen LogP contribution is -2.60. The molecule has 0 amide bonds. The van der Waals surface area contributed by atoms with Crippen molar-refractivity contribution >= 4 is 57.4 Å². The van der Waals surface area contributed by atoms with Crippen molar-refractivity contribution in [2.24, 2.45) is 0 Å². The normalized spacial score (nSPS) is 20.1. The molecule has 2 unspecified atom stereocenters. The molecule has 4 aromatic rings. The van der Waals surface area contributed by atoms with Crippen molar-refractivity contribution < 1.29 is 79.6 Å². The summed E-state index contributed by atoms with van der Waals surface area (Å²) in [5.74, 6) is -8.86. The lowest BCUT2D eigenvalue weighted by molar-refractivity contribution is -0.277. The van der Waals surface area contributed by atoms with E-state index in [4.69, 9.17) is 18.6 Å². The summed E-state index contributed by atoms with van der Waals surface area (Å²) in [5.41, 5.74) is -2.18. The van der Waals surface area contributed by atoms with Gasteiger partial charge in [0.05, 0.1) is 5.56 Å². The first-order chi connectivity index (χ1) is 21.2. The van der Waals surface area contributed by atoms with Crippen molar-refractivity contribution in [2.75, 3.05) is 6.61 Å². The van der Waals surface area contributed by atoms with Gasteiger partial charge in [0.1, 0.15) is 53.5 Å². The molecule has 3 aromatic carbocycles. The fraction of sp³-hybridized carbons (Fsp3) is 0.214. The molecule has 17 nitrogen and oxygen atoms in total. The van der Waals surface area contributed by atoms with Gasteiger partial charge in [0.2, 0.25) is 17.5 Å². The van der Waals surface area contributed by atoms with Gasteiger partial charge >= 0.3 is 5.97 Å². The van der Waals surface area contributed by atoms with E-state index in [-0.39, 0.29) is 51.8 Å². The first-order valence-electron chi connectivity index (χ1n) is 12.7. The lowest BCUT2D eigenvalue weighted by atomic mass is 9.99. The van der Waals surface area contributed by atoms with Crippen molar-refractivity contribution in [3.63, 3.8) is 0 Å². The van der Waals surface area contributed by atoms with E-state index >= 15 is 0 Å². The molecule has 5 rings (SSSR count). The van der Waals surface area contributed by atoms with Crippen LogP contribution in [0.1, 0.15) is 10.4 Å². The molecule has 1 saturated heterocycles. The van der Waals surface area contributed by atoms with Gasteiger partial charge in [-0.1, -0.05) is 0 Å². The highest BCUT2D eigenvalue weighted by molar-refractivity contribution is 7.59. The lowest BCUT2D eigenvalue weighted by Gasteiger charge is -2.39. The van der Waals surface area contributed by atoms with Crippen molar-refractivity contribution in [3.05, 3.63) is 52.2 Å². The maximum absolute atomic E-state index is 12.8. The topological polar surface area (TPSA) is 298 Å². The second-order valence-corrected chi connectivity index (χ2v) is 9.88. The highest BCUT2D eigenvalue weighted by Crippen LogP contribution is 2.42. The van der Waals surface area contributed by atoms with Gasteiger partial charge in [-0.25, -0.2) is 4.79 Å². The Bertz CT molecular complexity index is 1830. The number of aromatic hydroxyl groups is 8. The number of phenolic OH excluding ortho intramolecular Hbond substituents is 7. The van der Waals surface area contributed by atoms with Crippen molar-refractivity contribution in [1.29, 1.82) is 0 Å². The Balaban J connectivity index is 0.00000267. The van der Waals surface area contributed by atoms with Crippen LogP contribution >= 0.6 is 40.5 Å². The number of hydrogen-bond donors (Lipinski definition) is 11. The Labute approximate surface area is 289 Å². The zero-order chi connectivity index (χ0) is 32.9. The molecule has 5 atom stereocenters. The quantitative estimate of drug-likeness (QED) is 0.0948. The minimum atomic E-state index is -1.92. The summed E-state index contributed by atoms with van der Waals surface area (Å²) >= 11 is 0. The third kappa shape index (κ3) is 7.28. The maximum atomic E-state index is 12.8.